The van der Waals surface area contributed by atoms with E-state index in [1.165, 1.54) is 0 Å². The molecule has 0 bridgehead atoms. The highest BCUT2D eigenvalue weighted by Crippen LogP contribution is 2.32. The maximum atomic E-state index is 12.6. The second-order valence-corrected chi connectivity index (χ2v) is 5.76. The lowest BCUT2D eigenvalue weighted by molar-refractivity contribution is -0.138. The number of hydrogen-bond donors (Lipinski definition) is 2. The molecule has 124 valence electrons. The van der Waals surface area contributed by atoms with Gasteiger partial charge >= 0.3 is 5.97 Å². The molecule has 0 radical (unpaired) electrons. The molecule has 1 aromatic carbocycles. The van der Waals surface area contributed by atoms with Gasteiger partial charge < -0.3 is 19.8 Å². The SMILES string of the molecule is CCOC(=O)C1=C(c2ccccc2)NC(=S)NC1c1ccc(C)o1. The second kappa shape index (κ2) is 6.88. The maximum Gasteiger partial charge on any atom is 0.338 e. The molecule has 1 unspecified atom stereocenters. The van der Waals surface area contributed by atoms with Crippen LogP contribution in [0.3, 0.4) is 0 Å². The first kappa shape index (κ1) is 16.3. The van der Waals surface area contributed by atoms with Crippen LogP contribution >= 0.6 is 12.2 Å². The molecule has 0 aliphatic carbocycles. The van der Waals surface area contributed by atoms with Gasteiger partial charge in [-0.15, -0.1) is 0 Å². The van der Waals surface area contributed by atoms with E-state index in [2.05, 4.69) is 10.6 Å². The molecule has 2 aromatic rings. The van der Waals surface area contributed by atoms with Crippen molar-refractivity contribution in [2.75, 3.05) is 6.61 Å². The molecule has 0 fully saturated rings. The monoisotopic (exact) mass is 342 g/mol. The number of nitrogens with one attached hydrogen (secondary N) is 2. The Bertz CT molecular complexity index is 796. The Labute approximate surface area is 145 Å². The number of aryl methyl sites for hydroxylation is 1. The number of furan rings is 1. The average molecular weight is 342 g/mol. The summed E-state index contributed by atoms with van der Waals surface area (Å²) >= 11 is 5.32. The number of carbonyl (C=O) groups excluding carboxylic acids is 1. The zero-order valence-electron chi connectivity index (χ0n) is 13.5. The molecule has 1 aliphatic heterocycles. The molecule has 0 saturated heterocycles. The summed E-state index contributed by atoms with van der Waals surface area (Å²) < 4.78 is 11.0. The smallest absolute Gasteiger partial charge is 0.338 e. The molecular weight excluding hydrogens is 324 g/mol. The standard InChI is InChI=1S/C18H18N2O3S/c1-3-22-17(21)14-15(12-7-5-4-6-8-12)19-18(24)20-16(14)13-10-9-11(2)23-13/h4-10,16H,3H2,1-2H3,(H2,19,20,24). The van der Waals surface area contributed by atoms with Crippen molar-refractivity contribution in [3.8, 4) is 0 Å². The van der Waals surface area contributed by atoms with E-state index in [1.807, 2.05) is 49.4 Å². The van der Waals surface area contributed by atoms with Gasteiger partial charge in [-0.2, -0.15) is 0 Å². The van der Waals surface area contributed by atoms with E-state index in [-0.39, 0.29) is 0 Å². The minimum Gasteiger partial charge on any atom is -0.464 e. The van der Waals surface area contributed by atoms with Crippen LogP contribution in [-0.2, 0) is 9.53 Å². The molecule has 0 saturated carbocycles. The lowest BCUT2D eigenvalue weighted by atomic mass is 9.96. The van der Waals surface area contributed by atoms with E-state index in [1.54, 1.807) is 6.92 Å². The van der Waals surface area contributed by atoms with Crippen molar-refractivity contribution in [3.63, 3.8) is 0 Å². The van der Waals surface area contributed by atoms with Crippen LogP contribution in [0.4, 0.5) is 0 Å². The summed E-state index contributed by atoms with van der Waals surface area (Å²) in [4.78, 5) is 12.6. The molecular formula is C18H18N2O3S. The Kier molecular flexibility index (Phi) is 4.66. The van der Waals surface area contributed by atoms with Crippen molar-refractivity contribution in [1.82, 2.24) is 10.6 Å². The van der Waals surface area contributed by atoms with E-state index in [0.717, 1.165) is 11.3 Å². The summed E-state index contributed by atoms with van der Waals surface area (Å²) in [7, 11) is 0. The Morgan fingerprint density at radius 1 is 1.25 bits per heavy atom. The van der Waals surface area contributed by atoms with Gasteiger partial charge in [0.1, 0.15) is 17.6 Å². The molecule has 1 aromatic heterocycles. The molecule has 6 heteroatoms. The lowest BCUT2D eigenvalue weighted by Gasteiger charge is -2.29. The Morgan fingerprint density at radius 2 is 2.00 bits per heavy atom. The van der Waals surface area contributed by atoms with E-state index in [0.29, 0.717) is 28.7 Å². The van der Waals surface area contributed by atoms with Crippen LogP contribution in [-0.4, -0.2) is 17.7 Å². The van der Waals surface area contributed by atoms with Gasteiger partial charge in [0.25, 0.3) is 0 Å². The van der Waals surface area contributed by atoms with E-state index in [9.17, 15) is 4.79 Å². The molecule has 2 heterocycles. The molecule has 2 N–H and O–H groups in total. The first-order valence-electron chi connectivity index (χ1n) is 7.70. The predicted octanol–water partition coefficient (Wildman–Crippen LogP) is 3.08. The van der Waals surface area contributed by atoms with Crippen LogP contribution in [0.25, 0.3) is 5.70 Å². The Balaban J connectivity index is 2.16. The summed E-state index contributed by atoms with van der Waals surface area (Å²) in [6, 6.07) is 12.8. The topological polar surface area (TPSA) is 63.5 Å². The summed E-state index contributed by atoms with van der Waals surface area (Å²) in [6.07, 6.45) is 0. The van der Waals surface area contributed by atoms with Crippen molar-refractivity contribution in [3.05, 3.63) is 65.1 Å². The predicted molar refractivity (Wildman–Crippen MR) is 95.1 cm³/mol. The third kappa shape index (κ3) is 3.19. The zero-order chi connectivity index (χ0) is 17.1. The highest BCUT2D eigenvalue weighted by molar-refractivity contribution is 7.80. The van der Waals surface area contributed by atoms with Gasteiger partial charge in [-0.3, -0.25) is 0 Å². The third-order valence-electron chi connectivity index (χ3n) is 3.68. The molecule has 0 spiro atoms. The van der Waals surface area contributed by atoms with Crippen molar-refractivity contribution in [1.29, 1.82) is 0 Å². The molecule has 3 rings (SSSR count). The summed E-state index contributed by atoms with van der Waals surface area (Å²) in [5.74, 6) is 0.978. The number of hydrogen-bond acceptors (Lipinski definition) is 4. The van der Waals surface area contributed by atoms with Gasteiger partial charge in [0.05, 0.1) is 17.9 Å². The number of benzene rings is 1. The summed E-state index contributed by atoms with van der Waals surface area (Å²) in [6.45, 7) is 3.93. The van der Waals surface area contributed by atoms with Crippen molar-refractivity contribution >= 4 is 29.0 Å². The summed E-state index contributed by atoms with van der Waals surface area (Å²) in [5.41, 5.74) is 1.94. The molecule has 0 amide bonds. The average Bonchev–Trinajstić information content (AvgIpc) is 3.01. The largest absolute Gasteiger partial charge is 0.464 e. The number of ether oxygens (including phenoxy) is 1. The zero-order valence-corrected chi connectivity index (χ0v) is 14.3. The Hall–Kier alpha value is -2.60. The number of esters is 1. The molecule has 5 nitrogen and oxygen atoms in total. The fourth-order valence-electron chi connectivity index (χ4n) is 2.65. The van der Waals surface area contributed by atoms with Gasteiger partial charge in [0.15, 0.2) is 5.11 Å². The van der Waals surface area contributed by atoms with Crippen LogP contribution < -0.4 is 10.6 Å². The minimum atomic E-state index is -0.498. The first-order chi connectivity index (χ1) is 11.6. The molecule has 24 heavy (non-hydrogen) atoms. The highest BCUT2D eigenvalue weighted by atomic mass is 32.1. The third-order valence-corrected chi connectivity index (χ3v) is 3.90. The van der Waals surface area contributed by atoms with Crippen molar-refractivity contribution < 1.29 is 13.9 Å². The van der Waals surface area contributed by atoms with Crippen molar-refractivity contribution in [2.24, 2.45) is 0 Å². The maximum absolute atomic E-state index is 12.6. The summed E-state index contributed by atoms with van der Waals surface area (Å²) in [5, 5.41) is 6.62. The fraction of sp³-hybridized carbons (Fsp3) is 0.222. The van der Waals surface area contributed by atoms with Crippen molar-refractivity contribution in [2.45, 2.75) is 19.9 Å². The first-order valence-corrected chi connectivity index (χ1v) is 8.11. The molecule has 1 aliphatic rings. The van der Waals surface area contributed by atoms with E-state index >= 15 is 0 Å². The van der Waals surface area contributed by atoms with Crippen LogP contribution in [0.2, 0.25) is 0 Å². The lowest BCUT2D eigenvalue weighted by Crippen LogP contribution is -2.45. The number of rotatable bonds is 4. The molecule has 1 atom stereocenters. The quantitative estimate of drug-likeness (QED) is 0.658. The van der Waals surface area contributed by atoms with Crippen LogP contribution in [0.5, 0.6) is 0 Å². The van der Waals surface area contributed by atoms with Gasteiger partial charge in [0.2, 0.25) is 0 Å². The van der Waals surface area contributed by atoms with Crippen LogP contribution in [0.15, 0.2) is 52.5 Å². The van der Waals surface area contributed by atoms with Gasteiger partial charge in [-0.05, 0) is 43.8 Å². The van der Waals surface area contributed by atoms with Gasteiger partial charge in [-0.25, -0.2) is 4.79 Å². The highest BCUT2D eigenvalue weighted by Gasteiger charge is 2.34. The number of thiocarbonyl (C=S) groups is 1. The number of carbonyl (C=O) groups is 1. The van der Waals surface area contributed by atoms with Gasteiger partial charge in [-0.1, -0.05) is 30.3 Å². The van der Waals surface area contributed by atoms with Crippen LogP contribution in [0, 0.1) is 6.92 Å². The minimum absolute atomic E-state index is 0.290. The van der Waals surface area contributed by atoms with E-state index < -0.39 is 12.0 Å². The van der Waals surface area contributed by atoms with E-state index in [4.69, 9.17) is 21.4 Å². The normalized spacial score (nSPS) is 17.2. The fourth-order valence-corrected chi connectivity index (χ4v) is 2.87. The van der Waals surface area contributed by atoms with Gasteiger partial charge in [0, 0.05) is 0 Å². The second-order valence-electron chi connectivity index (χ2n) is 5.36. The van der Waals surface area contributed by atoms with Crippen LogP contribution in [0.1, 0.15) is 30.0 Å². The Morgan fingerprint density at radius 3 is 2.62 bits per heavy atom.